The van der Waals surface area contributed by atoms with E-state index < -0.39 is 63.8 Å². The largest absolute Gasteiger partial charge is 0.340 e. The Kier molecular flexibility index (Phi) is 7.62. The van der Waals surface area contributed by atoms with E-state index >= 15 is 0 Å². The van der Waals surface area contributed by atoms with Crippen molar-refractivity contribution in [2.75, 3.05) is 25.9 Å². The molecule has 2 aliphatic heterocycles. The number of sulfonamides is 1. The lowest BCUT2D eigenvalue weighted by atomic mass is 9.96. The van der Waals surface area contributed by atoms with Crippen molar-refractivity contribution in [3.8, 4) is 0 Å². The van der Waals surface area contributed by atoms with Gasteiger partial charge in [0, 0.05) is 19.6 Å². The van der Waals surface area contributed by atoms with Gasteiger partial charge in [0.05, 0.1) is 12.3 Å². The Bertz CT molecular complexity index is 1200. The number of carbonyl (C=O) groups excluding carboxylic acids is 6. The van der Waals surface area contributed by atoms with Gasteiger partial charge in [0.1, 0.15) is 12.1 Å². The van der Waals surface area contributed by atoms with E-state index in [1.165, 1.54) is 11.8 Å². The maximum absolute atomic E-state index is 13.1. The number of hydrogen-bond donors (Lipinski definition) is 3. The lowest BCUT2D eigenvalue weighted by molar-refractivity contribution is -0.153. The number of likely N-dealkylation sites (tertiary alicyclic amines) is 1. The predicted octanol–water partition coefficient (Wildman–Crippen LogP) is -1.49. The summed E-state index contributed by atoms with van der Waals surface area (Å²) >= 11 is 0. The minimum Gasteiger partial charge on any atom is -0.340 e. The zero-order valence-corrected chi connectivity index (χ0v) is 20.6. The number of rotatable bonds is 6. The van der Waals surface area contributed by atoms with E-state index in [0.717, 1.165) is 6.26 Å². The highest BCUT2D eigenvalue weighted by atomic mass is 32.2. The number of imide groups is 2. The molecule has 2 heterocycles. The highest BCUT2D eigenvalue weighted by molar-refractivity contribution is 7.89. The molecule has 3 N–H and O–H groups in total. The topological polar surface area (TPSA) is 182 Å². The van der Waals surface area contributed by atoms with Crippen LogP contribution in [-0.2, 0) is 29.2 Å². The van der Waals surface area contributed by atoms with Gasteiger partial charge in [0.15, 0.2) is 0 Å². The first-order valence-electron chi connectivity index (χ1n) is 11.0. The summed E-state index contributed by atoms with van der Waals surface area (Å²) < 4.78 is 24.3. The molecule has 0 bridgehead atoms. The Labute approximate surface area is 207 Å². The summed E-state index contributed by atoms with van der Waals surface area (Å²) in [7, 11) is -3.91. The number of carbonyl (C=O) groups is 6. The van der Waals surface area contributed by atoms with Crippen LogP contribution in [0, 0.1) is 0 Å². The predicted molar refractivity (Wildman–Crippen MR) is 123 cm³/mol. The number of urea groups is 2. The second kappa shape index (κ2) is 10.3. The van der Waals surface area contributed by atoms with Crippen molar-refractivity contribution < 1.29 is 37.2 Å². The van der Waals surface area contributed by atoms with Gasteiger partial charge >= 0.3 is 23.9 Å². The highest BCUT2D eigenvalue weighted by Gasteiger charge is 2.50. The maximum Gasteiger partial charge on any atom is 0.338 e. The van der Waals surface area contributed by atoms with Crippen LogP contribution >= 0.6 is 0 Å². The van der Waals surface area contributed by atoms with Crippen molar-refractivity contribution >= 4 is 45.7 Å². The van der Waals surface area contributed by atoms with Crippen LogP contribution < -0.4 is 15.4 Å². The van der Waals surface area contributed by atoms with Gasteiger partial charge in [-0.2, -0.15) is 0 Å². The van der Waals surface area contributed by atoms with E-state index in [0.29, 0.717) is 21.9 Å². The summed E-state index contributed by atoms with van der Waals surface area (Å²) in [6.07, 6.45) is 0.757. The average Bonchev–Trinajstić information content (AvgIpc) is 2.81. The third-order valence-electron chi connectivity index (χ3n) is 5.78. The van der Waals surface area contributed by atoms with Crippen molar-refractivity contribution in [2.45, 2.75) is 32.0 Å². The molecule has 0 aromatic heterocycles. The number of β-lactam (4-membered cyclic amide) rings is 1. The van der Waals surface area contributed by atoms with Gasteiger partial charge in [0.2, 0.25) is 15.9 Å². The van der Waals surface area contributed by atoms with Crippen LogP contribution in [0.25, 0.3) is 0 Å². The third kappa shape index (κ3) is 5.45. The van der Waals surface area contributed by atoms with Gasteiger partial charge in [-0.25, -0.2) is 22.7 Å². The molecule has 0 radical (unpaired) electrons. The summed E-state index contributed by atoms with van der Waals surface area (Å²) in [5, 5.41) is 4.89. The van der Waals surface area contributed by atoms with Crippen LogP contribution in [-0.4, -0.2) is 96.8 Å². The summed E-state index contributed by atoms with van der Waals surface area (Å²) in [5.74, 6) is -3.51. The zero-order chi connectivity index (χ0) is 26.8. The van der Waals surface area contributed by atoms with Crippen LogP contribution in [0.3, 0.4) is 0 Å². The maximum atomic E-state index is 13.1. The van der Waals surface area contributed by atoms with Gasteiger partial charge in [-0.15, -0.1) is 0 Å². The molecular weight excluding hydrogens is 496 g/mol. The van der Waals surface area contributed by atoms with Crippen LogP contribution in [0.1, 0.15) is 25.5 Å². The fraction of sp³-hybridized carbons (Fsp3) is 0.429. The molecule has 8 amide bonds. The summed E-state index contributed by atoms with van der Waals surface area (Å²) in [6.45, 7) is 3.53. The van der Waals surface area contributed by atoms with Crippen molar-refractivity contribution in [1.29, 1.82) is 0 Å². The molecule has 1 aromatic carbocycles. The monoisotopic (exact) mass is 522 g/mol. The quantitative estimate of drug-likeness (QED) is 0.298. The van der Waals surface area contributed by atoms with Gasteiger partial charge < -0.3 is 15.5 Å². The Morgan fingerprint density at radius 2 is 1.67 bits per heavy atom. The number of nitrogens with zero attached hydrogens (tertiary/aromatic N) is 3. The minimum absolute atomic E-state index is 0.0596. The minimum atomic E-state index is -3.91. The highest BCUT2D eigenvalue weighted by Crippen LogP contribution is 2.22. The Morgan fingerprint density at radius 3 is 2.22 bits per heavy atom. The number of hydrogen-bond acceptors (Lipinski definition) is 8. The Morgan fingerprint density at radius 1 is 1.03 bits per heavy atom. The van der Waals surface area contributed by atoms with Crippen LogP contribution in [0.2, 0.25) is 0 Å². The zero-order valence-electron chi connectivity index (χ0n) is 19.8. The fourth-order valence-electron chi connectivity index (χ4n) is 3.85. The van der Waals surface area contributed by atoms with E-state index in [2.05, 4.69) is 10.6 Å². The molecule has 2 fully saturated rings. The third-order valence-corrected chi connectivity index (χ3v) is 6.33. The summed E-state index contributed by atoms with van der Waals surface area (Å²) in [6, 6.07) is 2.51. The van der Waals surface area contributed by atoms with Crippen LogP contribution in [0.5, 0.6) is 0 Å². The van der Waals surface area contributed by atoms with Crippen LogP contribution in [0.15, 0.2) is 30.3 Å². The molecule has 0 saturated carbocycles. The first-order chi connectivity index (χ1) is 16.9. The molecule has 3 atom stereocenters. The van der Waals surface area contributed by atoms with Gasteiger partial charge in [-0.3, -0.25) is 29.0 Å². The number of likely N-dealkylation sites (N-methyl/N-ethyl adjacent to an activating group) is 1. The smallest absolute Gasteiger partial charge is 0.338 e. The van der Waals surface area contributed by atoms with Crippen molar-refractivity contribution in [3.05, 3.63) is 35.9 Å². The van der Waals surface area contributed by atoms with Gasteiger partial charge in [-0.05, 0) is 19.4 Å². The SMILES string of the molecule is CCN1CCN(C(=O)NC(C(=O)N[C@H]2C(=O)N(C(=O)NS(C)(=O)=O)[C@@H]2C)c2ccccc2)C(=O)C1=O. The molecule has 15 heteroatoms. The van der Waals surface area contributed by atoms with E-state index in [-0.39, 0.29) is 13.1 Å². The summed E-state index contributed by atoms with van der Waals surface area (Å²) in [4.78, 5) is 77.7. The normalized spacial score (nSPS) is 21.0. The van der Waals surface area contributed by atoms with E-state index in [4.69, 9.17) is 0 Å². The number of piperazine rings is 1. The number of benzene rings is 1. The molecule has 3 rings (SSSR count). The number of nitrogens with one attached hydrogen (secondary N) is 3. The van der Waals surface area contributed by atoms with Crippen molar-refractivity contribution in [3.63, 3.8) is 0 Å². The first-order valence-corrected chi connectivity index (χ1v) is 12.9. The molecule has 1 aromatic rings. The molecule has 194 valence electrons. The average molecular weight is 523 g/mol. The van der Waals surface area contributed by atoms with E-state index in [9.17, 15) is 37.2 Å². The fourth-order valence-corrected chi connectivity index (χ4v) is 4.27. The lowest BCUT2D eigenvalue weighted by Gasteiger charge is -2.43. The Balaban J connectivity index is 1.74. The summed E-state index contributed by atoms with van der Waals surface area (Å²) in [5.41, 5.74) is 0.334. The van der Waals surface area contributed by atoms with E-state index in [1.54, 1.807) is 42.0 Å². The Hall–Kier alpha value is -4.01. The molecule has 36 heavy (non-hydrogen) atoms. The molecule has 2 aliphatic rings. The standard InChI is InChI=1S/C21H26N6O8S/c1-4-25-10-11-26(19(31)18(25)30)20(32)23-15(13-8-6-5-7-9-13)16(28)22-14-12(2)27(17(14)29)21(33)24-36(3,34)35/h5-9,12,14-15H,4,10-11H2,1-3H3,(H,22,28)(H,23,32)(H,24,33)/t12-,14-,15?/m1/s1. The second-order valence-corrected chi connectivity index (χ2v) is 10.00. The molecule has 0 aliphatic carbocycles. The number of amides is 8. The first kappa shape index (κ1) is 26.6. The molecular formula is C21H26N6O8S. The van der Waals surface area contributed by atoms with Crippen molar-refractivity contribution in [2.24, 2.45) is 0 Å². The lowest BCUT2D eigenvalue weighted by Crippen LogP contribution is -2.73. The van der Waals surface area contributed by atoms with Crippen molar-refractivity contribution in [1.82, 2.24) is 30.1 Å². The molecule has 2 saturated heterocycles. The molecule has 0 spiro atoms. The molecule has 14 nitrogen and oxygen atoms in total. The van der Waals surface area contributed by atoms with Gasteiger partial charge in [0.25, 0.3) is 5.91 Å². The second-order valence-electron chi connectivity index (χ2n) is 8.25. The van der Waals surface area contributed by atoms with Gasteiger partial charge in [-0.1, -0.05) is 30.3 Å². The van der Waals surface area contributed by atoms with E-state index in [1.807, 2.05) is 0 Å². The van der Waals surface area contributed by atoms with Crippen LogP contribution in [0.4, 0.5) is 9.59 Å². The molecule has 1 unspecified atom stereocenters.